The number of hydrogen-bond acceptors (Lipinski definition) is 4. The number of anilines is 1. The van der Waals surface area contributed by atoms with Crippen molar-refractivity contribution < 1.29 is 18.0 Å². The maximum Gasteiger partial charge on any atom is 0.264 e. The molecule has 10 heteroatoms. The number of carbonyl (C=O) groups is 2. The van der Waals surface area contributed by atoms with Crippen LogP contribution in [0, 0.1) is 6.92 Å². The van der Waals surface area contributed by atoms with Gasteiger partial charge in [0, 0.05) is 22.6 Å². The first-order chi connectivity index (χ1) is 17.9. The first-order valence-electron chi connectivity index (χ1n) is 12.1. The summed E-state index contributed by atoms with van der Waals surface area (Å²) in [5.74, 6) is -0.941. The second-order valence-corrected chi connectivity index (χ2v) is 11.9. The van der Waals surface area contributed by atoms with Gasteiger partial charge in [-0.1, -0.05) is 65.7 Å². The molecular formula is C28H31Cl2N3O4S. The first kappa shape index (κ1) is 29.5. The van der Waals surface area contributed by atoms with Gasteiger partial charge >= 0.3 is 0 Å². The lowest BCUT2D eigenvalue weighted by molar-refractivity contribution is -0.139. The Morgan fingerprint density at radius 2 is 1.53 bits per heavy atom. The average Bonchev–Trinajstić information content (AvgIpc) is 2.88. The van der Waals surface area contributed by atoms with Crippen LogP contribution in [-0.4, -0.2) is 43.8 Å². The number of hydrogen-bond donors (Lipinski definition) is 1. The molecular weight excluding hydrogens is 545 g/mol. The summed E-state index contributed by atoms with van der Waals surface area (Å²) in [6.07, 6.45) is 0. The van der Waals surface area contributed by atoms with Gasteiger partial charge < -0.3 is 10.2 Å². The fourth-order valence-electron chi connectivity index (χ4n) is 3.78. The fraction of sp³-hybridized carbons (Fsp3) is 0.286. The summed E-state index contributed by atoms with van der Waals surface area (Å²) in [4.78, 5) is 28.2. The summed E-state index contributed by atoms with van der Waals surface area (Å²) in [5, 5.41) is 3.61. The lowest BCUT2D eigenvalue weighted by Crippen LogP contribution is -2.52. The third-order valence-electron chi connectivity index (χ3n) is 5.95. The van der Waals surface area contributed by atoms with Crippen molar-refractivity contribution in [3.05, 3.63) is 94.0 Å². The predicted octanol–water partition coefficient (Wildman–Crippen LogP) is 5.44. The molecule has 0 radical (unpaired) electrons. The van der Waals surface area contributed by atoms with Crippen LogP contribution >= 0.6 is 23.2 Å². The van der Waals surface area contributed by atoms with E-state index in [1.54, 1.807) is 68.4 Å². The summed E-state index contributed by atoms with van der Waals surface area (Å²) in [6, 6.07) is 18.6. The molecule has 38 heavy (non-hydrogen) atoms. The largest absolute Gasteiger partial charge is 0.352 e. The van der Waals surface area contributed by atoms with Crippen LogP contribution in [0.4, 0.5) is 5.69 Å². The first-order valence-corrected chi connectivity index (χ1v) is 14.3. The van der Waals surface area contributed by atoms with Gasteiger partial charge in [0.15, 0.2) is 0 Å². The summed E-state index contributed by atoms with van der Waals surface area (Å²) >= 11 is 12.7. The zero-order chi connectivity index (χ0) is 28.0. The molecule has 0 saturated carbocycles. The van der Waals surface area contributed by atoms with Crippen molar-refractivity contribution in [1.82, 2.24) is 10.2 Å². The van der Waals surface area contributed by atoms with E-state index in [0.29, 0.717) is 15.6 Å². The van der Waals surface area contributed by atoms with Crippen LogP contribution in [0.1, 0.15) is 31.9 Å². The molecule has 0 fully saturated rings. The van der Waals surface area contributed by atoms with Gasteiger partial charge in [0.25, 0.3) is 10.0 Å². The van der Waals surface area contributed by atoms with E-state index in [0.717, 1.165) is 9.87 Å². The van der Waals surface area contributed by atoms with E-state index >= 15 is 0 Å². The van der Waals surface area contributed by atoms with Crippen molar-refractivity contribution in [2.45, 2.75) is 51.2 Å². The van der Waals surface area contributed by atoms with Gasteiger partial charge in [-0.25, -0.2) is 8.42 Å². The highest BCUT2D eigenvalue weighted by molar-refractivity contribution is 7.92. The molecule has 1 unspecified atom stereocenters. The quantitative estimate of drug-likeness (QED) is 0.348. The average molecular weight is 577 g/mol. The van der Waals surface area contributed by atoms with Crippen molar-refractivity contribution >= 4 is 50.7 Å². The van der Waals surface area contributed by atoms with Crippen molar-refractivity contribution in [3.8, 4) is 0 Å². The van der Waals surface area contributed by atoms with E-state index in [9.17, 15) is 18.0 Å². The SMILES string of the molecule is Cc1ccc(N(CC(=O)N(Cc2ccccc2Cl)C(C)C(=O)NC(C)C)S(=O)(=O)c2ccccc2)cc1Cl. The zero-order valence-electron chi connectivity index (χ0n) is 21.7. The number of rotatable bonds is 10. The van der Waals surface area contributed by atoms with Crippen LogP contribution in [0.25, 0.3) is 0 Å². The minimum absolute atomic E-state index is 0.0130. The molecule has 3 aromatic carbocycles. The van der Waals surface area contributed by atoms with Gasteiger partial charge in [-0.15, -0.1) is 0 Å². The number of halogens is 2. The fourth-order valence-corrected chi connectivity index (χ4v) is 5.58. The third kappa shape index (κ3) is 7.07. The van der Waals surface area contributed by atoms with Crippen LogP contribution in [0.3, 0.4) is 0 Å². The number of benzene rings is 3. The molecule has 0 heterocycles. The predicted molar refractivity (Wildman–Crippen MR) is 152 cm³/mol. The molecule has 0 aromatic heterocycles. The van der Waals surface area contributed by atoms with Gasteiger partial charge in [-0.05, 0) is 69.2 Å². The highest BCUT2D eigenvalue weighted by Gasteiger charge is 2.33. The van der Waals surface area contributed by atoms with E-state index in [2.05, 4.69) is 5.32 Å². The molecule has 0 bridgehead atoms. The standard InChI is InChI=1S/C28H31Cl2N3O4S/c1-19(2)31-28(35)21(4)32(17-22-10-8-9-13-25(22)29)27(34)18-33(23-15-14-20(3)26(30)16-23)38(36,37)24-11-6-5-7-12-24/h5-16,19,21H,17-18H2,1-4H3,(H,31,35). The zero-order valence-corrected chi connectivity index (χ0v) is 24.0. The number of carbonyl (C=O) groups excluding carboxylic acids is 2. The number of nitrogens with zero attached hydrogens (tertiary/aromatic N) is 2. The van der Waals surface area contributed by atoms with Gasteiger partial charge in [-0.3, -0.25) is 13.9 Å². The van der Waals surface area contributed by atoms with E-state index in [1.165, 1.54) is 23.1 Å². The maximum atomic E-state index is 13.9. The number of nitrogens with one attached hydrogen (secondary N) is 1. The summed E-state index contributed by atoms with van der Waals surface area (Å²) in [7, 11) is -4.16. The molecule has 0 aliphatic carbocycles. The monoisotopic (exact) mass is 575 g/mol. The van der Waals surface area contributed by atoms with E-state index in [1.807, 2.05) is 13.8 Å². The normalized spacial score (nSPS) is 12.2. The van der Waals surface area contributed by atoms with Crippen molar-refractivity contribution in [1.29, 1.82) is 0 Å². The Kier molecular flexibility index (Phi) is 9.82. The van der Waals surface area contributed by atoms with Gasteiger partial charge in [-0.2, -0.15) is 0 Å². The second kappa shape index (κ2) is 12.7. The summed E-state index contributed by atoms with van der Waals surface area (Å²) in [6.45, 7) is 6.50. The number of aryl methyl sites for hydroxylation is 1. The topological polar surface area (TPSA) is 86.8 Å². The molecule has 7 nitrogen and oxygen atoms in total. The lowest BCUT2D eigenvalue weighted by Gasteiger charge is -2.32. The Hall–Kier alpha value is -3.07. The number of amides is 2. The van der Waals surface area contributed by atoms with Crippen molar-refractivity contribution in [2.24, 2.45) is 0 Å². The molecule has 0 aliphatic heterocycles. The van der Waals surface area contributed by atoms with Gasteiger partial charge in [0.2, 0.25) is 11.8 Å². The van der Waals surface area contributed by atoms with Crippen LogP contribution in [0.15, 0.2) is 77.7 Å². The molecule has 3 aromatic rings. The molecule has 1 atom stereocenters. The summed E-state index contributed by atoms with van der Waals surface area (Å²) in [5.41, 5.74) is 1.62. The molecule has 202 valence electrons. The third-order valence-corrected chi connectivity index (χ3v) is 8.51. The Labute approximate surface area is 234 Å². The minimum atomic E-state index is -4.16. The highest BCUT2D eigenvalue weighted by atomic mass is 35.5. The van der Waals surface area contributed by atoms with Gasteiger partial charge in [0.05, 0.1) is 10.6 Å². The van der Waals surface area contributed by atoms with Crippen molar-refractivity contribution in [2.75, 3.05) is 10.8 Å². The second-order valence-electron chi connectivity index (χ2n) is 9.21. The smallest absolute Gasteiger partial charge is 0.264 e. The maximum absolute atomic E-state index is 13.9. The van der Waals surface area contributed by atoms with Gasteiger partial charge in [0.1, 0.15) is 12.6 Å². The lowest BCUT2D eigenvalue weighted by atomic mass is 10.1. The highest BCUT2D eigenvalue weighted by Crippen LogP contribution is 2.29. The van der Waals surface area contributed by atoms with Crippen molar-refractivity contribution in [3.63, 3.8) is 0 Å². The minimum Gasteiger partial charge on any atom is -0.352 e. The Morgan fingerprint density at radius 3 is 2.13 bits per heavy atom. The van der Waals surface area contributed by atoms with Crippen LogP contribution in [0.2, 0.25) is 10.0 Å². The molecule has 0 aliphatic rings. The molecule has 1 N–H and O–H groups in total. The number of sulfonamides is 1. The van der Waals surface area contributed by atoms with E-state index in [-0.39, 0.29) is 29.1 Å². The Balaban J connectivity index is 2.06. The Morgan fingerprint density at radius 1 is 0.895 bits per heavy atom. The molecule has 0 spiro atoms. The van der Waals surface area contributed by atoms with Crippen LogP contribution in [0.5, 0.6) is 0 Å². The van der Waals surface area contributed by atoms with E-state index < -0.39 is 28.5 Å². The molecule has 0 saturated heterocycles. The summed E-state index contributed by atoms with van der Waals surface area (Å²) < 4.78 is 28.5. The van der Waals surface area contributed by atoms with Crippen LogP contribution < -0.4 is 9.62 Å². The molecule has 3 rings (SSSR count). The van der Waals surface area contributed by atoms with Crippen LogP contribution in [-0.2, 0) is 26.2 Å². The van der Waals surface area contributed by atoms with E-state index in [4.69, 9.17) is 23.2 Å². The Bertz CT molecular complexity index is 1400. The molecule has 2 amide bonds.